The number of hydrogen-bond acceptors (Lipinski definition) is 5. The van der Waals surface area contributed by atoms with Crippen molar-refractivity contribution in [2.45, 2.75) is 19.6 Å². The molecule has 0 spiro atoms. The van der Waals surface area contributed by atoms with Gasteiger partial charge in [0.15, 0.2) is 0 Å². The maximum Gasteiger partial charge on any atom is 0.407 e. The molecule has 32 heavy (non-hydrogen) atoms. The van der Waals surface area contributed by atoms with Gasteiger partial charge in [-0.2, -0.15) is 0 Å². The number of aromatic carboxylic acids is 1. The van der Waals surface area contributed by atoms with Gasteiger partial charge in [0.05, 0.1) is 17.3 Å². The van der Waals surface area contributed by atoms with Gasteiger partial charge in [-0.1, -0.05) is 36.4 Å². The largest absolute Gasteiger partial charge is 0.506 e. The van der Waals surface area contributed by atoms with Gasteiger partial charge in [-0.3, -0.25) is 4.79 Å². The lowest BCUT2D eigenvalue weighted by molar-refractivity contribution is 0.0696. The molecule has 8 heteroatoms. The lowest BCUT2D eigenvalue weighted by Crippen LogP contribution is -2.27. The molecule has 2 amide bonds. The Morgan fingerprint density at radius 3 is 2.16 bits per heavy atom. The molecule has 3 aromatic carbocycles. The molecule has 0 aromatic heterocycles. The maximum absolute atomic E-state index is 12.4. The summed E-state index contributed by atoms with van der Waals surface area (Å²) in [6.07, 6.45) is -0.624. The van der Waals surface area contributed by atoms with E-state index in [0.29, 0.717) is 16.8 Å². The van der Waals surface area contributed by atoms with E-state index in [1.165, 1.54) is 18.2 Å². The number of carboxylic acid groups (broad SMARTS) is 1. The molecule has 3 rings (SSSR count). The van der Waals surface area contributed by atoms with Crippen molar-refractivity contribution in [2.24, 2.45) is 0 Å². The molecule has 0 fully saturated rings. The lowest BCUT2D eigenvalue weighted by atomic mass is 10.1. The van der Waals surface area contributed by atoms with Crippen LogP contribution in [0.2, 0.25) is 0 Å². The second-order valence-electron chi connectivity index (χ2n) is 7.04. The highest BCUT2D eigenvalue weighted by Crippen LogP contribution is 2.22. The minimum absolute atomic E-state index is 0.00386. The maximum atomic E-state index is 12.4. The molecule has 8 nitrogen and oxygen atoms in total. The van der Waals surface area contributed by atoms with Crippen LogP contribution in [0.3, 0.4) is 0 Å². The summed E-state index contributed by atoms with van der Waals surface area (Å²) in [6, 6.07) is 18.8. The van der Waals surface area contributed by atoms with Crippen molar-refractivity contribution in [3.05, 3.63) is 95.1 Å². The molecule has 3 aromatic rings. The molecular weight excluding hydrogens is 412 g/mol. The van der Waals surface area contributed by atoms with Crippen LogP contribution in [-0.4, -0.2) is 28.2 Å². The minimum atomic E-state index is -1.02. The summed E-state index contributed by atoms with van der Waals surface area (Å²) in [5.41, 5.74) is 2.31. The second kappa shape index (κ2) is 10.1. The van der Waals surface area contributed by atoms with Crippen molar-refractivity contribution in [3.8, 4) is 5.75 Å². The molecule has 0 saturated carbocycles. The van der Waals surface area contributed by atoms with Gasteiger partial charge in [0.25, 0.3) is 5.91 Å². The third kappa shape index (κ3) is 5.85. The van der Waals surface area contributed by atoms with E-state index in [4.69, 9.17) is 9.84 Å². The van der Waals surface area contributed by atoms with E-state index in [1.807, 2.05) is 0 Å². The van der Waals surface area contributed by atoms with Crippen LogP contribution in [0.4, 0.5) is 10.5 Å². The quantitative estimate of drug-likeness (QED) is 0.410. The Hall–Kier alpha value is -4.33. The number of carbonyl (C=O) groups excluding carboxylic acids is 2. The van der Waals surface area contributed by atoms with Crippen LogP contribution >= 0.6 is 0 Å². The average molecular weight is 434 g/mol. The van der Waals surface area contributed by atoms with Gasteiger partial charge in [-0.15, -0.1) is 0 Å². The Bertz CT molecular complexity index is 1110. The predicted octanol–water partition coefficient (Wildman–Crippen LogP) is 4.33. The number of aromatic hydroxyl groups is 1. The van der Waals surface area contributed by atoms with Gasteiger partial charge in [0, 0.05) is 5.56 Å². The predicted molar refractivity (Wildman–Crippen MR) is 118 cm³/mol. The number of alkyl carbamates (subject to hydrolysis) is 1. The number of hydrogen-bond donors (Lipinski definition) is 4. The Morgan fingerprint density at radius 2 is 1.53 bits per heavy atom. The minimum Gasteiger partial charge on any atom is -0.506 e. The summed E-state index contributed by atoms with van der Waals surface area (Å²) in [5.74, 6) is -1.41. The number of phenolic OH excluding ortho intramolecular Hbond substituents is 1. The molecule has 0 bridgehead atoms. The summed E-state index contributed by atoms with van der Waals surface area (Å²) in [7, 11) is 0. The van der Waals surface area contributed by atoms with E-state index in [1.54, 1.807) is 61.5 Å². The fraction of sp³-hybridized carbons (Fsp3) is 0.125. The van der Waals surface area contributed by atoms with Gasteiger partial charge in [0.2, 0.25) is 0 Å². The van der Waals surface area contributed by atoms with Crippen LogP contribution in [0.1, 0.15) is 44.8 Å². The molecule has 0 unspecified atom stereocenters. The average Bonchev–Trinajstić information content (AvgIpc) is 2.79. The molecule has 0 aliphatic rings. The van der Waals surface area contributed by atoms with Crippen LogP contribution in [0, 0.1) is 0 Å². The first-order chi connectivity index (χ1) is 15.3. The molecule has 164 valence electrons. The van der Waals surface area contributed by atoms with Crippen LogP contribution in [-0.2, 0) is 11.3 Å². The zero-order chi connectivity index (χ0) is 23.1. The van der Waals surface area contributed by atoms with E-state index in [-0.39, 0.29) is 29.9 Å². The number of para-hydroxylation sites is 2. The second-order valence-corrected chi connectivity index (χ2v) is 7.04. The number of amides is 2. The molecule has 4 N–H and O–H groups in total. The summed E-state index contributed by atoms with van der Waals surface area (Å²) in [6.45, 7) is 1.78. The topological polar surface area (TPSA) is 125 Å². The summed E-state index contributed by atoms with van der Waals surface area (Å²) in [4.78, 5) is 35.3. The number of phenols is 1. The van der Waals surface area contributed by atoms with Crippen molar-refractivity contribution in [1.82, 2.24) is 5.32 Å². The first-order valence-corrected chi connectivity index (χ1v) is 9.78. The van der Waals surface area contributed by atoms with Gasteiger partial charge in [-0.25, -0.2) is 9.59 Å². The molecular formula is C24H22N2O6. The Morgan fingerprint density at radius 1 is 0.906 bits per heavy atom. The lowest BCUT2D eigenvalue weighted by Gasteiger charge is -2.15. The summed E-state index contributed by atoms with van der Waals surface area (Å²) >= 11 is 0. The van der Waals surface area contributed by atoms with Crippen LogP contribution < -0.4 is 10.6 Å². The van der Waals surface area contributed by atoms with Crippen LogP contribution in [0.5, 0.6) is 5.75 Å². The highest BCUT2D eigenvalue weighted by molar-refractivity contribution is 6.05. The molecule has 1 atom stereocenters. The first-order valence-electron chi connectivity index (χ1n) is 9.78. The van der Waals surface area contributed by atoms with E-state index in [9.17, 15) is 19.5 Å². The van der Waals surface area contributed by atoms with Crippen molar-refractivity contribution < 1.29 is 29.3 Å². The number of ether oxygens (including phenoxy) is 1. The van der Waals surface area contributed by atoms with Crippen molar-refractivity contribution >= 4 is 23.7 Å². The Kier molecular flexibility index (Phi) is 7.07. The normalized spacial score (nSPS) is 11.3. The van der Waals surface area contributed by atoms with Gasteiger partial charge >= 0.3 is 12.1 Å². The first kappa shape index (κ1) is 22.4. The number of anilines is 1. The SMILES string of the molecule is C[C@H](NC(=O)OCc1ccc(C(=O)O)cc1)c1ccc(C(=O)Nc2ccccc2O)cc1. The van der Waals surface area contributed by atoms with Crippen molar-refractivity contribution in [2.75, 3.05) is 5.32 Å². The fourth-order valence-electron chi connectivity index (χ4n) is 2.89. The van der Waals surface area contributed by atoms with Gasteiger partial charge in [-0.05, 0) is 54.4 Å². The molecule has 0 heterocycles. The van der Waals surface area contributed by atoms with E-state index in [0.717, 1.165) is 5.56 Å². The summed E-state index contributed by atoms with van der Waals surface area (Å²) in [5, 5.41) is 24.0. The number of benzene rings is 3. The third-order valence-corrected chi connectivity index (χ3v) is 4.73. The zero-order valence-corrected chi connectivity index (χ0v) is 17.2. The Labute approximate surface area is 184 Å². The summed E-state index contributed by atoms with van der Waals surface area (Å²) < 4.78 is 5.17. The van der Waals surface area contributed by atoms with E-state index >= 15 is 0 Å². The van der Waals surface area contributed by atoms with Crippen LogP contribution in [0.25, 0.3) is 0 Å². The smallest absolute Gasteiger partial charge is 0.407 e. The third-order valence-electron chi connectivity index (χ3n) is 4.73. The fourth-order valence-corrected chi connectivity index (χ4v) is 2.89. The molecule has 0 saturated heterocycles. The highest BCUT2D eigenvalue weighted by Gasteiger charge is 2.13. The number of carbonyl (C=O) groups is 3. The molecule has 0 aliphatic carbocycles. The van der Waals surface area contributed by atoms with Crippen molar-refractivity contribution in [1.29, 1.82) is 0 Å². The molecule has 0 radical (unpaired) electrons. The Balaban J connectivity index is 1.52. The van der Waals surface area contributed by atoms with Crippen LogP contribution in [0.15, 0.2) is 72.8 Å². The van der Waals surface area contributed by atoms with Gasteiger partial charge in [0.1, 0.15) is 12.4 Å². The number of carboxylic acids is 1. The standard InChI is InChI=1S/C24H22N2O6/c1-15(25-24(31)32-14-16-6-8-19(9-7-16)23(29)30)17-10-12-18(13-11-17)22(28)26-20-4-2-3-5-21(20)27/h2-13,15,27H,14H2,1H3,(H,25,31)(H,26,28)(H,29,30)/t15-/m0/s1. The number of nitrogens with one attached hydrogen (secondary N) is 2. The monoisotopic (exact) mass is 434 g/mol. The van der Waals surface area contributed by atoms with Crippen molar-refractivity contribution in [3.63, 3.8) is 0 Å². The van der Waals surface area contributed by atoms with E-state index < -0.39 is 12.1 Å². The molecule has 0 aliphatic heterocycles. The van der Waals surface area contributed by atoms with Gasteiger partial charge < -0.3 is 25.6 Å². The zero-order valence-electron chi connectivity index (χ0n) is 17.2. The number of rotatable bonds is 7. The van der Waals surface area contributed by atoms with E-state index in [2.05, 4.69) is 10.6 Å². The highest BCUT2D eigenvalue weighted by atomic mass is 16.5.